The molecule has 1 fully saturated rings. The van der Waals surface area contributed by atoms with Crippen molar-refractivity contribution in [3.05, 3.63) is 86.5 Å². The van der Waals surface area contributed by atoms with Crippen molar-refractivity contribution in [2.24, 2.45) is 5.10 Å². The van der Waals surface area contributed by atoms with Crippen molar-refractivity contribution in [1.82, 2.24) is 5.43 Å². The summed E-state index contributed by atoms with van der Waals surface area (Å²) in [6.45, 7) is 4.62. The highest BCUT2D eigenvalue weighted by molar-refractivity contribution is 14.1. The Morgan fingerprint density at radius 3 is 2.51 bits per heavy atom. The topological polar surface area (TPSA) is 100 Å². The Morgan fingerprint density at radius 2 is 1.81 bits per heavy atom. The molecule has 4 rings (SSSR count). The first-order valence-electron chi connectivity index (χ1n) is 12.0. The first-order valence-corrected chi connectivity index (χ1v) is 13.1. The Kier molecular flexibility index (Phi) is 8.99. The number of hydrogen-bond acceptors (Lipinski definition) is 6. The smallest absolute Gasteiger partial charge is 0.335 e. The largest absolute Gasteiger partial charge is 0.490 e. The number of carboxylic acid groups (broad SMARTS) is 1. The third-order valence-corrected chi connectivity index (χ3v) is 6.67. The lowest BCUT2D eigenvalue weighted by Crippen LogP contribution is -2.19. The summed E-state index contributed by atoms with van der Waals surface area (Å²) in [5.74, 6) is -0.176. The Morgan fingerprint density at radius 1 is 1.05 bits per heavy atom. The minimum absolute atomic E-state index is 0.192. The van der Waals surface area contributed by atoms with Crippen LogP contribution in [0.25, 0.3) is 0 Å². The molecule has 1 heterocycles. The number of nitrogens with zero attached hydrogens (tertiary/aromatic N) is 2. The third kappa shape index (κ3) is 7.00. The monoisotopic (exact) mass is 613 g/mol. The number of carbonyl (C=O) groups is 2. The van der Waals surface area contributed by atoms with Crippen molar-refractivity contribution in [1.29, 1.82) is 0 Å². The van der Waals surface area contributed by atoms with Crippen LogP contribution in [0.15, 0.2) is 65.8 Å². The molecule has 1 aliphatic heterocycles. The SMILES string of the molecule is CCOc1cc(/C=N\NC(=O)c2ccc(N3CCCC3)cc2)cc(I)c1OCc1cccc(C(=O)O)c1. The zero-order valence-electron chi connectivity index (χ0n) is 20.4. The summed E-state index contributed by atoms with van der Waals surface area (Å²) in [6, 6.07) is 17.8. The lowest BCUT2D eigenvalue weighted by Gasteiger charge is -2.17. The van der Waals surface area contributed by atoms with Crippen LogP contribution in [0.3, 0.4) is 0 Å². The van der Waals surface area contributed by atoms with Crippen LogP contribution in [-0.4, -0.2) is 42.9 Å². The van der Waals surface area contributed by atoms with E-state index in [1.807, 2.05) is 43.3 Å². The number of carboxylic acids is 1. The van der Waals surface area contributed by atoms with Crippen LogP contribution < -0.4 is 19.8 Å². The lowest BCUT2D eigenvalue weighted by molar-refractivity contribution is 0.0696. The number of halogens is 1. The number of amides is 1. The number of nitrogens with one attached hydrogen (secondary N) is 1. The Balaban J connectivity index is 1.41. The number of hydrazone groups is 1. The first-order chi connectivity index (χ1) is 17.9. The van der Waals surface area contributed by atoms with Crippen molar-refractivity contribution in [3.63, 3.8) is 0 Å². The predicted octanol–water partition coefficient (Wildman–Crippen LogP) is 5.33. The van der Waals surface area contributed by atoms with Crippen LogP contribution in [-0.2, 0) is 6.61 Å². The van der Waals surface area contributed by atoms with Gasteiger partial charge in [-0.3, -0.25) is 4.79 Å². The van der Waals surface area contributed by atoms with Crippen molar-refractivity contribution in [2.45, 2.75) is 26.4 Å². The maximum absolute atomic E-state index is 12.5. The molecule has 8 nitrogen and oxygen atoms in total. The number of benzene rings is 3. The van der Waals surface area contributed by atoms with Crippen molar-refractivity contribution in [2.75, 3.05) is 24.6 Å². The van der Waals surface area contributed by atoms with E-state index in [0.717, 1.165) is 33.5 Å². The standard InChI is InChI=1S/C28H28IN3O5/c1-2-36-25-16-20(15-24(29)26(25)37-18-19-6-5-7-22(14-19)28(34)35)17-30-31-27(33)21-8-10-23(11-9-21)32-12-3-4-13-32/h5-11,14-17H,2-4,12-13,18H2,1H3,(H,31,33)(H,34,35)/b30-17-. The summed E-state index contributed by atoms with van der Waals surface area (Å²) in [6.07, 6.45) is 3.96. The number of rotatable bonds is 10. The normalized spacial score (nSPS) is 13.1. The van der Waals surface area contributed by atoms with Crippen molar-refractivity contribution < 1.29 is 24.2 Å². The van der Waals surface area contributed by atoms with Gasteiger partial charge in [0, 0.05) is 24.3 Å². The highest BCUT2D eigenvalue weighted by Gasteiger charge is 2.14. The van der Waals surface area contributed by atoms with Crippen LogP contribution >= 0.6 is 22.6 Å². The highest BCUT2D eigenvalue weighted by Crippen LogP contribution is 2.34. The number of ether oxygens (including phenoxy) is 2. The maximum atomic E-state index is 12.5. The molecule has 0 radical (unpaired) electrons. The first kappa shape index (κ1) is 26.5. The van der Waals surface area contributed by atoms with Gasteiger partial charge in [-0.15, -0.1) is 0 Å². The lowest BCUT2D eigenvalue weighted by atomic mass is 10.1. The molecule has 1 saturated heterocycles. The summed E-state index contributed by atoms with van der Waals surface area (Å²) in [4.78, 5) is 26.1. The van der Waals surface area contributed by atoms with Crippen LogP contribution in [0, 0.1) is 3.57 Å². The summed E-state index contributed by atoms with van der Waals surface area (Å²) in [7, 11) is 0. The van der Waals surface area contributed by atoms with E-state index in [2.05, 4.69) is 38.0 Å². The summed E-state index contributed by atoms with van der Waals surface area (Å²) < 4.78 is 12.6. The van der Waals surface area contributed by atoms with E-state index in [1.165, 1.54) is 18.9 Å². The molecule has 3 aromatic rings. The second-order valence-electron chi connectivity index (χ2n) is 8.50. The van der Waals surface area contributed by atoms with Gasteiger partial charge in [0.2, 0.25) is 0 Å². The molecule has 0 bridgehead atoms. The molecule has 3 aromatic carbocycles. The molecule has 1 aliphatic rings. The predicted molar refractivity (Wildman–Crippen MR) is 151 cm³/mol. The minimum Gasteiger partial charge on any atom is -0.490 e. The van der Waals surface area contributed by atoms with Gasteiger partial charge in [0.25, 0.3) is 5.91 Å². The third-order valence-electron chi connectivity index (χ3n) is 5.87. The number of anilines is 1. The highest BCUT2D eigenvalue weighted by atomic mass is 127. The molecule has 0 unspecified atom stereocenters. The van der Waals surface area contributed by atoms with Gasteiger partial charge >= 0.3 is 5.97 Å². The molecule has 2 N–H and O–H groups in total. The number of carbonyl (C=O) groups excluding carboxylic acids is 1. The molecular weight excluding hydrogens is 585 g/mol. The second-order valence-corrected chi connectivity index (χ2v) is 9.66. The molecule has 0 spiro atoms. The van der Waals surface area contributed by atoms with E-state index >= 15 is 0 Å². The van der Waals surface area contributed by atoms with Gasteiger partial charge in [0.05, 0.1) is 22.0 Å². The van der Waals surface area contributed by atoms with Gasteiger partial charge in [-0.1, -0.05) is 12.1 Å². The molecule has 1 amide bonds. The second kappa shape index (κ2) is 12.6. The molecule has 0 saturated carbocycles. The summed E-state index contributed by atoms with van der Waals surface area (Å²) in [5.41, 5.74) is 5.93. The van der Waals surface area contributed by atoms with Crippen LogP contribution in [0.1, 0.15) is 51.6 Å². The Labute approximate surface area is 229 Å². The Hall–Kier alpha value is -3.60. The van der Waals surface area contributed by atoms with Gasteiger partial charge in [-0.25, -0.2) is 10.2 Å². The quantitative estimate of drug-likeness (QED) is 0.182. The summed E-state index contributed by atoms with van der Waals surface area (Å²) in [5, 5.41) is 13.3. The molecule has 0 aliphatic carbocycles. The fraction of sp³-hybridized carbons (Fsp3) is 0.250. The number of hydrogen-bond donors (Lipinski definition) is 2. The molecule has 0 atom stereocenters. The molecule has 192 valence electrons. The van der Waals surface area contributed by atoms with Crippen molar-refractivity contribution in [3.8, 4) is 11.5 Å². The molecular formula is C28H28IN3O5. The van der Waals surface area contributed by atoms with Gasteiger partial charge in [-0.2, -0.15) is 5.10 Å². The van der Waals surface area contributed by atoms with Gasteiger partial charge in [0.1, 0.15) is 6.61 Å². The zero-order valence-corrected chi connectivity index (χ0v) is 22.6. The van der Waals surface area contributed by atoms with E-state index < -0.39 is 5.97 Å². The van der Waals surface area contributed by atoms with Crippen LogP contribution in [0.4, 0.5) is 5.69 Å². The zero-order chi connectivity index (χ0) is 26.2. The molecule has 0 aromatic heterocycles. The average molecular weight is 613 g/mol. The minimum atomic E-state index is -0.985. The molecule has 37 heavy (non-hydrogen) atoms. The van der Waals surface area contributed by atoms with E-state index in [4.69, 9.17) is 9.47 Å². The van der Waals surface area contributed by atoms with Crippen LogP contribution in [0.5, 0.6) is 11.5 Å². The summed E-state index contributed by atoms with van der Waals surface area (Å²) >= 11 is 2.15. The van der Waals surface area contributed by atoms with E-state index in [1.54, 1.807) is 24.4 Å². The van der Waals surface area contributed by atoms with Gasteiger partial charge in [-0.05, 0) is 102 Å². The van der Waals surface area contributed by atoms with Gasteiger partial charge < -0.3 is 19.5 Å². The van der Waals surface area contributed by atoms with Gasteiger partial charge in [0.15, 0.2) is 11.5 Å². The number of aromatic carboxylic acids is 1. The molecule has 9 heteroatoms. The fourth-order valence-electron chi connectivity index (χ4n) is 4.04. The Bertz CT molecular complexity index is 1290. The van der Waals surface area contributed by atoms with Crippen molar-refractivity contribution >= 4 is 46.4 Å². The fourth-order valence-corrected chi connectivity index (χ4v) is 4.83. The van der Waals surface area contributed by atoms with E-state index in [-0.39, 0.29) is 18.1 Å². The van der Waals surface area contributed by atoms with E-state index in [9.17, 15) is 14.7 Å². The maximum Gasteiger partial charge on any atom is 0.335 e. The van der Waals surface area contributed by atoms with Crippen LogP contribution in [0.2, 0.25) is 0 Å². The average Bonchev–Trinajstić information content (AvgIpc) is 3.44. The van der Waals surface area contributed by atoms with E-state index in [0.29, 0.717) is 23.7 Å².